The second-order valence-electron chi connectivity index (χ2n) is 6.15. The van der Waals surface area contributed by atoms with Crippen molar-refractivity contribution >= 4 is 23.3 Å². The largest absolute Gasteiger partial charge is 0.310 e. The lowest BCUT2D eigenvalue weighted by atomic mass is 9.90. The highest BCUT2D eigenvalue weighted by Crippen LogP contribution is 2.36. The standard InChI is InChI=1S/C15H15ClN4/c1-15(2)8-17-14-11-7-10(16)3-4-12(11)20-13(5-6-18-20)19(14)9-15/h3-7H,8-9H2,1-2H3. The lowest BCUT2D eigenvalue weighted by Crippen LogP contribution is -2.48. The van der Waals surface area contributed by atoms with Crippen LogP contribution in [0.15, 0.2) is 35.5 Å². The van der Waals surface area contributed by atoms with Crippen LogP contribution in [0, 0.1) is 5.41 Å². The van der Waals surface area contributed by atoms with Crippen molar-refractivity contribution in [3.63, 3.8) is 0 Å². The van der Waals surface area contributed by atoms with Crippen molar-refractivity contribution in [1.29, 1.82) is 0 Å². The van der Waals surface area contributed by atoms with E-state index in [0.29, 0.717) is 0 Å². The Balaban J connectivity index is 2.00. The van der Waals surface area contributed by atoms with Gasteiger partial charge in [-0.05, 0) is 18.2 Å². The van der Waals surface area contributed by atoms with Gasteiger partial charge in [-0.25, -0.2) is 4.68 Å². The van der Waals surface area contributed by atoms with Gasteiger partial charge in [0.2, 0.25) is 0 Å². The van der Waals surface area contributed by atoms with Crippen molar-refractivity contribution in [3.05, 3.63) is 41.0 Å². The van der Waals surface area contributed by atoms with Gasteiger partial charge in [-0.2, -0.15) is 5.10 Å². The van der Waals surface area contributed by atoms with Gasteiger partial charge in [0.15, 0.2) is 0 Å². The predicted octanol–water partition coefficient (Wildman–Crippen LogP) is 3.13. The SMILES string of the molecule is CC1(C)CN=C2c3cc(Cl)ccc3-n3nccc3N2C1. The number of halogens is 1. The number of rotatable bonds is 0. The van der Waals surface area contributed by atoms with Crippen LogP contribution in [0.3, 0.4) is 0 Å². The molecule has 0 saturated heterocycles. The van der Waals surface area contributed by atoms with Gasteiger partial charge >= 0.3 is 0 Å². The van der Waals surface area contributed by atoms with Crippen molar-refractivity contribution in [3.8, 4) is 5.69 Å². The Labute approximate surface area is 122 Å². The number of hydrogen-bond donors (Lipinski definition) is 0. The fraction of sp³-hybridized carbons (Fsp3) is 0.333. The molecule has 0 saturated carbocycles. The van der Waals surface area contributed by atoms with Crippen molar-refractivity contribution < 1.29 is 0 Å². The maximum Gasteiger partial charge on any atom is 0.138 e. The number of nitrogens with zero attached hydrogens (tertiary/aromatic N) is 4. The van der Waals surface area contributed by atoms with Gasteiger partial charge < -0.3 is 4.90 Å². The number of aliphatic imine (C=N–C) groups is 1. The van der Waals surface area contributed by atoms with Crippen LogP contribution in [-0.2, 0) is 0 Å². The summed E-state index contributed by atoms with van der Waals surface area (Å²) < 4.78 is 1.96. The highest BCUT2D eigenvalue weighted by molar-refractivity contribution is 6.31. The molecule has 20 heavy (non-hydrogen) atoms. The van der Waals surface area contributed by atoms with Gasteiger partial charge in [-0.3, -0.25) is 4.99 Å². The van der Waals surface area contributed by atoms with E-state index in [4.69, 9.17) is 16.6 Å². The molecule has 0 N–H and O–H groups in total. The van der Waals surface area contributed by atoms with Crippen molar-refractivity contribution in [1.82, 2.24) is 9.78 Å². The summed E-state index contributed by atoms with van der Waals surface area (Å²) in [5.41, 5.74) is 2.27. The third-order valence-electron chi connectivity index (χ3n) is 3.83. The number of aromatic nitrogens is 2. The average molecular weight is 287 g/mol. The third-order valence-corrected chi connectivity index (χ3v) is 4.06. The quantitative estimate of drug-likeness (QED) is 0.745. The van der Waals surface area contributed by atoms with E-state index in [1.165, 1.54) is 0 Å². The van der Waals surface area contributed by atoms with Crippen molar-refractivity contribution in [2.24, 2.45) is 10.4 Å². The Morgan fingerprint density at radius 1 is 1.25 bits per heavy atom. The van der Waals surface area contributed by atoms with E-state index in [1.54, 1.807) is 0 Å². The molecular weight excluding hydrogens is 272 g/mol. The molecule has 2 aliphatic heterocycles. The van der Waals surface area contributed by atoms with E-state index in [-0.39, 0.29) is 5.41 Å². The highest BCUT2D eigenvalue weighted by atomic mass is 35.5. The molecule has 4 nitrogen and oxygen atoms in total. The molecule has 5 heteroatoms. The summed E-state index contributed by atoms with van der Waals surface area (Å²) >= 11 is 6.16. The topological polar surface area (TPSA) is 33.4 Å². The first-order valence-electron chi connectivity index (χ1n) is 6.71. The molecule has 0 unspecified atom stereocenters. The first kappa shape index (κ1) is 12.0. The molecule has 0 fully saturated rings. The average Bonchev–Trinajstić information content (AvgIpc) is 2.87. The van der Waals surface area contributed by atoms with Crippen molar-refractivity contribution in [2.75, 3.05) is 18.0 Å². The molecule has 3 heterocycles. The van der Waals surface area contributed by atoms with E-state index < -0.39 is 0 Å². The maximum atomic E-state index is 6.16. The van der Waals surface area contributed by atoms with E-state index in [0.717, 1.165) is 41.0 Å². The van der Waals surface area contributed by atoms with Crippen LogP contribution in [0.5, 0.6) is 0 Å². The van der Waals surface area contributed by atoms with Gasteiger partial charge in [-0.15, -0.1) is 0 Å². The van der Waals surface area contributed by atoms with Crippen molar-refractivity contribution in [2.45, 2.75) is 13.8 Å². The molecule has 4 rings (SSSR count). The molecule has 0 bridgehead atoms. The number of amidine groups is 1. The lowest BCUT2D eigenvalue weighted by Gasteiger charge is -2.41. The smallest absolute Gasteiger partial charge is 0.138 e. The van der Waals surface area contributed by atoms with Crippen LogP contribution in [0.2, 0.25) is 5.02 Å². The molecule has 1 aromatic heterocycles. The van der Waals surface area contributed by atoms with Gasteiger partial charge in [0.05, 0.1) is 11.9 Å². The van der Waals surface area contributed by atoms with E-state index in [1.807, 2.05) is 35.1 Å². The molecule has 0 amide bonds. The zero-order chi connectivity index (χ0) is 13.9. The minimum atomic E-state index is 0.161. The number of benzene rings is 1. The van der Waals surface area contributed by atoms with Crippen LogP contribution >= 0.6 is 11.6 Å². The normalized spacial score (nSPS) is 18.9. The second kappa shape index (κ2) is 3.85. The Morgan fingerprint density at radius 3 is 2.95 bits per heavy atom. The van der Waals surface area contributed by atoms with E-state index in [2.05, 4.69) is 23.8 Å². The van der Waals surface area contributed by atoms with Crippen LogP contribution in [0.1, 0.15) is 19.4 Å². The first-order valence-corrected chi connectivity index (χ1v) is 7.09. The van der Waals surface area contributed by atoms with Crippen LogP contribution in [0.25, 0.3) is 5.69 Å². The molecule has 102 valence electrons. The highest BCUT2D eigenvalue weighted by Gasteiger charge is 2.36. The fourth-order valence-corrected chi connectivity index (χ4v) is 3.08. The Hall–Kier alpha value is -1.81. The Kier molecular flexibility index (Phi) is 2.31. The third kappa shape index (κ3) is 1.61. The van der Waals surface area contributed by atoms with Gasteiger partial charge in [0.1, 0.15) is 11.7 Å². The molecule has 0 aliphatic carbocycles. The fourth-order valence-electron chi connectivity index (χ4n) is 2.91. The van der Waals surface area contributed by atoms with Crippen LogP contribution in [0.4, 0.5) is 5.82 Å². The summed E-state index contributed by atoms with van der Waals surface area (Å²) in [6.45, 7) is 6.24. The summed E-state index contributed by atoms with van der Waals surface area (Å²) in [7, 11) is 0. The molecule has 0 atom stereocenters. The molecule has 2 aliphatic rings. The van der Waals surface area contributed by atoms with Crippen LogP contribution in [-0.4, -0.2) is 28.7 Å². The first-order chi connectivity index (χ1) is 9.55. The summed E-state index contributed by atoms with van der Waals surface area (Å²) in [6, 6.07) is 7.92. The minimum Gasteiger partial charge on any atom is -0.310 e. The van der Waals surface area contributed by atoms with E-state index in [9.17, 15) is 0 Å². The number of anilines is 1. The number of fused-ring (bicyclic) bond motifs is 6. The molecular formula is C15H15ClN4. The van der Waals surface area contributed by atoms with Gasteiger partial charge in [0.25, 0.3) is 0 Å². The Bertz CT molecular complexity index is 729. The summed E-state index contributed by atoms with van der Waals surface area (Å²) in [5.74, 6) is 2.08. The molecule has 0 spiro atoms. The number of hydrogen-bond acceptors (Lipinski definition) is 3. The monoisotopic (exact) mass is 286 g/mol. The second-order valence-corrected chi connectivity index (χ2v) is 6.59. The van der Waals surface area contributed by atoms with E-state index >= 15 is 0 Å². The summed E-state index contributed by atoms with van der Waals surface area (Å²) in [6.07, 6.45) is 1.83. The predicted molar refractivity (Wildman–Crippen MR) is 81.1 cm³/mol. The summed E-state index contributed by atoms with van der Waals surface area (Å²) in [4.78, 5) is 7.05. The van der Waals surface area contributed by atoms with Crippen LogP contribution < -0.4 is 4.90 Å². The zero-order valence-corrected chi connectivity index (χ0v) is 12.2. The summed E-state index contributed by atoms with van der Waals surface area (Å²) in [5, 5.41) is 5.17. The molecule has 2 aromatic rings. The van der Waals surface area contributed by atoms with Gasteiger partial charge in [0, 0.05) is 35.2 Å². The Morgan fingerprint density at radius 2 is 2.10 bits per heavy atom. The lowest BCUT2D eigenvalue weighted by molar-refractivity contribution is 0.379. The molecule has 1 aromatic carbocycles. The zero-order valence-electron chi connectivity index (χ0n) is 11.5. The maximum absolute atomic E-state index is 6.16. The molecule has 0 radical (unpaired) electrons. The van der Waals surface area contributed by atoms with Gasteiger partial charge in [-0.1, -0.05) is 25.4 Å². The minimum absolute atomic E-state index is 0.161.